The van der Waals surface area contributed by atoms with Crippen molar-refractivity contribution in [3.8, 4) is 0 Å². The van der Waals surface area contributed by atoms with E-state index in [-0.39, 0.29) is 11.9 Å². The number of carbonyl (C=O) groups is 2. The van der Waals surface area contributed by atoms with Crippen molar-refractivity contribution in [3.05, 3.63) is 0 Å². The van der Waals surface area contributed by atoms with Gasteiger partial charge in [0, 0.05) is 25.7 Å². The van der Waals surface area contributed by atoms with E-state index in [0.717, 1.165) is 19.4 Å². The average molecular weight is 268 g/mol. The lowest BCUT2D eigenvalue weighted by Crippen LogP contribution is -2.48. The number of rotatable bonds is 3. The second-order valence-electron chi connectivity index (χ2n) is 5.63. The van der Waals surface area contributed by atoms with Gasteiger partial charge in [-0.3, -0.25) is 4.79 Å². The van der Waals surface area contributed by atoms with Gasteiger partial charge in [-0.1, -0.05) is 19.3 Å². The largest absolute Gasteiger partial charge is 0.481 e. The Kier molecular flexibility index (Phi) is 4.66. The highest BCUT2D eigenvalue weighted by atomic mass is 16.4. The van der Waals surface area contributed by atoms with Gasteiger partial charge in [-0.25, -0.2) is 4.79 Å². The van der Waals surface area contributed by atoms with Crippen LogP contribution in [0.2, 0.25) is 0 Å². The number of carboxylic acid groups (broad SMARTS) is 1. The Balaban J connectivity index is 1.95. The number of carbonyl (C=O) groups excluding carboxylic acids is 1. The predicted molar refractivity (Wildman–Crippen MR) is 72.0 cm³/mol. The minimum atomic E-state index is -0.781. The van der Waals surface area contributed by atoms with E-state index in [4.69, 9.17) is 5.11 Å². The lowest BCUT2D eigenvalue weighted by molar-refractivity contribution is -0.141. The first-order valence-corrected chi connectivity index (χ1v) is 7.41. The normalized spacial score (nSPS) is 24.5. The van der Waals surface area contributed by atoms with Crippen LogP contribution in [0, 0.1) is 5.92 Å². The first-order valence-electron chi connectivity index (χ1n) is 7.41. The predicted octanol–water partition coefficient (Wildman–Crippen LogP) is 2.17. The molecule has 5 heteroatoms. The SMILES string of the molecule is CCN(C(=O)N1CCC(C(=O)O)C1)C1CCCCC1. The van der Waals surface area contributed by atoms with E-state index in [1.54, 1.807) is 4.90 Å². The summed E-state index contributed by atoms with van der Waals surface area (Å²) < 4.78 is 0. The molecule has 108 valence electrons. The number of hydrogen-bond acceptors (Lipinski definition) is 2. The van der Waals surface area contributed by atoms with Crippen molar-refractivity contribution in [1.29, 1.82) is 0 Å². The van der Waals surface area contributed by atoms with E-state index >= 15 is 0 Å². The van der Waals surface area contributed by atoms with Gasteiger partial charge in [-0.2, -0.15) is 0 Å². The molecule has 19 heavy (non-hydrogen) atoms. The van der Waals surface area contributed by atoms with Gasteiger partial charge in [0.2, 0.25) is 0 Å². The van der Waals surface area contributed by atoms with Gasteiger partial charge in [-0.05, 0) is 26.2 Å². The molecule has 1 unspecified atom stereocenters. The summed E-state index contributed by atoms with van der Waals surface area (Å²) in [7, 11) is 0. The Morgan fingerprint density at radius 2 is 1.89 bits per heavy atom. The van der Waals surface area contributed by atoms with Crippen LogP contribution in [-0.4, -0.2) is 52.6 Å². The molecular weight excluding hydrogens is 244 g/mol. The van der Waals surface area contributed by atoms with Crippen molar-refractivity contribution in [3.63, 3.8) is 0 Å². The molecule has 0 bridgehead atoms. The van der Waals surface area contributed by atoms with Crippen LogP contribution < -0.4 is 0 Å². The molecule has 2 amide bonds. The molecule has 1 aliphatic carbocycles. The number of carboxylic acids is 1. The summed E-state index contributed by atoms with van der Waals surface area (Å²) in [5.74, 6) is -1.16. The second-order valence-corrected chi connectivity index (χ2v) is 5.63. The molecular formula is C14H24N2O3. The average Bonchev–Trinajstić information content (AvgIpc) is 2.90. The lowest BCUT2D eigenvalue weighted by atomic mass is 9.94. The van der Waals surface area contributed by atoms with Crippen molar-refractivity contribution in [1.82, 2.24) is 9.80 Å². The third-order valence-electron chi connectivity index (χ3n) is 4.41. The Hall–Kier alpha value is -1.26. The van der Waals surface area contributed by atoms with Gasteiger partial charge < -0.3 is 14.9 Å². The van der Waals surface area contributed by atoms with Crippen LogP contribution in [-0.2, 0) is 4.79 Å². The lowest BCUT2D eigenvalue weighted by Gasteiger charge is -2.36. The van der Waals surface area contributed by atoms with Crippen LogP contribution in [0.5, 0.6) is 0 Å². The Morgan fingerprint density at radius 3 is 2.42 bits per heavy atom. The number of hydrogen-bond donors (Lipinski definition) is 1. The van der Waals surface area contributed by atoms with Crippen molar-refractivity contribution in [2.24, 2.45) is 5.92 Å². The maximum absolute atomic E-state index is 12.5. The number of aliphatic carboxylic acids is 1. The van der Waals surface area contributed by atoms with Gasteiger partial charge in [-0.15, -0.1) is 0 Å². The van der Waals surface area contributed by atoms with Crippen LogP contribution in [0.3, 0.4) is 0 Å². The van der Waals surface area contributed by atoms with Gasteiger partial charge in [0.25, 0.3) is 0 Å². The number of urea groups is 1. The van der Waals surface area contributed by atoms with Crippen LogP contribution in [0.25, 0.3) is 0 Å². The van der Waals surface area contributed by atoms with Crippen LogP contribution in [0.1, 0.15) is 45.4 Å². The molecule has 0 spiro atoms. The summed E-state index contributed by atoms with van der Waals surface area (Å²) in [6.45, 7) is 3.69. The van der Waals surface area contributed by atoms with E-state index in [1.165, 1.54) is 19.3 Å². The summed E-state index contributed by atoms with van der Waals surface area (Å²) in [6.07, 6.45) is 6.44. The van der Waals surface area contributed by atoms with Gasteiger partial charge in [0.15, 0.2) is 0 Å². The molecule has 2 rings (SSSR count). The zero-order valence-corrected chi connectivity index (χ0v) is 11.7. The monoisotopic (exact) mass is 268 g/mol. The molecule has 1 saturated carbocycles. The third kappa shape index (κ3) is 3.19. The van der Waals surface area contributed by atoms with Crippen LogP contribution in [0.15, 0.2) is 0 Å². The summed E-state index contributed by atoms with van der Waals surface area (Å²) >= 11 is 0. The molecule has 0 aromatic heterocycles. The molecule has 1 atom stereocenters. The van der Waals surface area contributed by atoms with Gasteiger partial charge in [0.05, 0.1) is 5.92 Å². The first-order chi connectivity index (χ1) is 9.13. The molecule has 2 aliphatic rings. The summed E-state index contributed by atoms with van der Waals surface area (Å²) in [5.41, 5.74) is 0. The molecule has 1 aliphatic heterocycles. The van der Waals surface area contributed by atoms with Crippen LogP contribution in [0.4, 0.5) is 4.79 Å². The molecule has 0 aromatic rings. The Morgan fingerprint density at radius 1 is 1.21 bits per heavy atom. The fourth-order valence-corrected chi connectivity index (χ4v) is 3.26. The number of nitrogens with zero attached hydrogens (tertiary/aromatic N) is 2. The smallest absolute Gasteiger partial charge is 0.320 e. The van der Waals surface area contributed by atoms with E-state index in [0.29, 0.717) is 25.6 Å². The molecule has 2 fully saturated rings. The molecule has 1 N–H and O–H groups in total. The third-order valence-corrected chi connectivity index (χ3v) is 4.41. The zero-order chi connectivity index (χ0) is 13.8. The molecule has 1 saturated heterocycles. The maximum Gasteiger partial charge on any atom is 0.320 e. The summed E-state index contributed by atoms with van der Waals surface area (Å²) in [6, 6.07) is 0.397. The van der Waals surface area contributed by atoms with E-state index < -0.39 is 5.97 Å². The van der Waals surface area contributed by atoms with Gasteiger partial charge >= 0.3 is 12.0 Å². The second kappa shape index (κ2) is 6.26. The van der Waals surface area contributed by atoms with Crippen molar-refractivity contribution in [2.75, 3.05) is 19.6 Å². The van der Waals surface area contributed by atoms with E-state index in [2.05, 4.69) is 0 Å². The summed E-state index contributed by atoms with van der Waals surface area (Å²) in [4.78, 5) is 27.1. The first kappa shape index (κ1) is 14.2. The molecule has 0 aromatic carbocycles. The minimum Gasteiger partial charge on any atom is -0.481 e. The van der Waals surface area contributed by atoms with Crippen molar-refractivity contribution >= 4 is 12.0 Å². The van der Waals surface area contributed by atoms with Crippen LogP contribution >= 0.6 is 0 Å². The molecule has 5 nitrogen and oxygen atoms in total. The fourth-order valence-electron chi connectivity index (χ4n) is 3.26. The Bertz CT molecular complexity index is 340. The van der Waals surface area contributed by atoms with Gasteiger partial charge in [0.1, 0.15) is 0 Å². The highest BCUT2D eigenvalue weighted by Crippen LogP contribution is 2.25. The topological polar surface area (TPSA) is 60.9 Å². The summed E-state index contributed by atoms with van der Waals surface area (Å²) in [5, 5.41) is 9.01. The fraction of sp³-hybridized carbons (Fsp3) is 0.857. The zero-order valence-electron chi connectivity index (χ0n) is 11.7. The number of amides is 2. The molecule has 1 heterocycles. The number of likely N-dealkylation sites (tertiary alicyclic amines) is 1. The van der Waals surface area contributed by atoms with Crippen molar-refractivity contribution in [2.45, 2.75) is 51.5 Å². The maximum atomic E-state index is 12.5. The minimum absolute atomic E-state index is 0.0400. The standard InChI is InChI=1S/C14H24N2O3/c1-2-16(12-6-4-3-5-7-12)14(19)15-9-8-11(10-15)13(17)18/h11-12H,2-10H2,1H3,(H,17,18). The molecule has 0 radical (unpaired) electrons. The Labute approximate surface area is 114 Å². The van der Waals surface area contributed by atoms with Crippen molar-refractivity contribution < 1.29 is 14.7 Å². The quantitative estimate of drug-likeness (QED) is 0.853. The van der Waals surface area contributed by atoms with E-state index in [9.17, 15) is 9.59 Å². The van der Waals surface area contributed by atoms with E-state index in [1.807, 2.05) is 11.8 Å². The highest BCUT2D eigenvalue weighted by Gasteiger charge is 2.34. The highest BCUT2D eigenvalue weighted by molar-refractivity contribution is 5.77.